The Bertz CT molecular complexity index is 536. The number of anilines is 1. The monoisotopic (exact) mass is 231 g/mol. The first kappa shape index (κ1) is 10.2. The molecular formula is C11H13N5O. The van der Waals surface area contributed by atoms with Crippen LogP contribution in [0, 0.1) is 0 Å². The van der Waals surface area contributed by atoms with Gasteiger partial charge in [0.2, 0.25) is 5.95 Å². The lowest BCUT2D eigenvalue weighted by molar-refractivity contribution is 0.303. The number of aryl methyl sites for hydroxylation is 2. The molecule has 17 heavy (non-hydrogen) atoms. The fraction of sp³-hybridized carbons (Fsp3) is 0.455. The van der Waals surface area contributed by atoms with Gasteiger partial charge in [0.15, 0.2) is 5.69 Å². The Hall–Kier alpha value is -1.98. The molecule has 0 unspecified atom stereocenters. The Balaban J connectivity index is 2.12. The van der Waals surface area contributed by atoms with Crippen LogP contribution >= 0.6 is 0 Å². The fourth-order valence-corrected chi connectivity index (χ4v) is 2.03. The molecule has 0 fully saturated rings. The molecular weight excluding hydrogens is 218 g/mol. The number of fused-ring (bicyclic) bond motifs is 3. The van der Waals surface area contributed by atoms with E-state index in [0.717, 1.165) is 48.5 Å². The highest BCUT2D eigenvalue weighted by atomic mass is 16.6. The molecule has 0 saturated carbocycles. The molecule has 0 saturated heterocycles. The summed E-state index contributed by atoms with van der Waals surface area (Å²) in [4.78, 5) is 8.77. The second-order valence-electron chi connectivity index (χ2n) is 4.01. The number of hydrogen-bond donors (Lipinski definition) is 1. The molecule has 0 spiro atoms. The maximum Gasteiger partial charge on any atom is 0.223 e. The first-order valence-electron chi connectivity index (χ1n) is 5.80. The van der Waals surface area contributed by atoms with Gasteiger partial charge < -0.3 is 5.32 Å². The zero-order valence-corrected chi connectivity index (χ0v) is 9.60. The van der Waals surface area contributed by atoms with Crippen LogP contribution in [-0.4, -0.2) is 26.8 Å². The summed E-state index contributed by atoms with van der Waals surface area (Å²) in [6, 6.07) is 0. The first-order chi connectivity index (χ1) is 8.38. The minimum absolute atomic E-state index is 0.627. The van der Waals surface area contributed by atoms with E-state index < -0.39 is 0 Å². The van der Waals surface area contributed by atoms with Crippen molar-refractivity contribution >= 4 is 5.95 Å². The third-order valence-electron chi connectivity index (χ3n) is 2.84. The van der Waals surface area contributed by atoms with Gasteiger partial charge in [-0.25, -0.2) is 14.6 Å². The lowest BCUT2D eigenvalue weighted by Crippen LogP contribution is -2.04. The molecule has 88 valence electrons. The van der Waals surface area contributed by atoms with Crippen molar-refractivity contribution in [1.82, 2.24) is 20.3 Å². The Labute approximate surface area is 98.4 Å². The van der Waals surface area contributed by atoms with Crippen molar-refractivity contribution in [3.05, 3.63) is 17.5 Å². The highest BCUT2D eigenvalue weighted by molar-refractivity contribution is 5.62. The second kappa shape index (κ2) is 4.12. The molecule has 1 aliphatic rings. The standard InChI is InChI=1S/C11H13N5O/c1-2-12-11-13-6-7-4-3-5-8-10(9(7)14-11)16-17-15-8/h6H,2-5H2,1H3,(H,12,13,14). The smallest absolute Gasteiger partial charge is 0.223 e. The van der Waals surface area contributed by atoms with Gasteiger partial charge in [0.25, 0.3) is 0 Å². The van der Waals surface area contributed by atoms with Crippen molar-refractivity contribution in [3.8, 4) is 11.4 Å². The molecule has 0 aromatic carbocycles. The van der Waals surface area contributed by atoms with Gasteiger partial charge in [-0.3, -0.25) is 0 Å². The average Bonchev–Trinajstić information content (AvgIpc) is 2.73. The lowest BCUT2D eigenvalue weighted by Gasteiger charge is -2.06. The van der Waals surface area contributed by atoms with Crippen LogP contribution in [0.1, 0.15) is 24.6 Å². The van der Waals surface area contributed by atoms with Crippen molar-refractivity contribution in [2.45, 2.75) is 26.2 Å². The zero-order chi connectivity index (χ0) is 11.7. The average molecular weight is 231 g/mol. The van der Waals surface area contributed by atoms with Gasteiger partial charge >= 0.3 is 0 Å². The van der Waals surface area contributed by atoms with Crippen LogP contribution in [0.3, 0.4) is 0 Å². The maximum atomic E-state index is 4.80. The van der Waals surface area contributed by atoms with Crippen molar-refractivity contribution in [2.75, 3.05) is 11.9 Å². The lowest BCUT2D eigenvalue weighted by atomic mass is 10.1. The Morgan fingerprint density at radius 2 is 2.24 bits per heavy atom. The van der Waals surface area contributed by atoms with Gasteiger partial charge in [-0.2, -0.15) is 0 Å². The van der Waals surface area contributed by atoms with Crippen LogP contribution in [-0.2, 0) is 12.8 Å². The van der Waals surface area contributed by atoms with Crippen LogP contribution in [0.5, 0.6) is 0 Å². The van der Waals surface area contributed by atoms with Crippen molar-refractivity contribution < 1.29 is 4.63 Å². The van der Waals surface area contributed by atoms with Gasteiger partial charge in [0.1, 0.15) is 11.4 Å². The van der Waals surface area contributed by atoms with Gasteiger partial charge in [0, 0.05) is 12.7 Å². The molecule has 0 bridgehead atoms. The van der Waals surface area contributed by atoms with E-state index in [0.29, 0.717) is 5.95 Å². The van der Waals surface area contributed by atoms with E-state index in [1.165, 1.54) is 0 Å². The largest absolute Gasteiger partial charge is 0.354 e. The molecule has 0 amide bonds. The van der Waals surface area contributed by atoms with Gasteiger partial charge in [-0.1, -0.05) is 5.16 Å². The summed E-state index contributed by atoms with van der Waals surface area (Å²) < 4.78 is 4.80. The topological polar surface area (TPSA) is 76.7 Å². The Morgan fingerprint density at radius 1 is 1.29 bits per heavy atom. The predicted octanol–water partition coefficient (Wildman–Crippen LogP) is 1.45. The molecule has 6 heteroatoms. The number of nitrogens with one attached hydrogen (secondary N) is 1. The van der Waals surface area contributed by atoms with Crippen LogP contribution in [0.25, 0.3) is 11.4 Å². The zero-order valence-electron chi connectivity index (χ0n) is 9.60. The summed E-state index contributed by atoms with van der Waals surface area (Å²) in [5.41, 5.74) is 3.62. The molecule has 0 atom stereocenters. The molecule has 1 aliphatic carbocycles. The molecule has 2 aromatic heterocycles. The van der Waals surface area contributed by atoms with Crippen molar-refractivity contribution in [3.63, 3.8) is 0 Å². The summed E-state index contributed by atoms with van der Waals surface area (Å²) in [6.45, 7) is 2.81. The normalized spacial score (nSPS) is 13.7. The Kier molecular flexibility index (Phi) is 2.47. The van der Waals surface area contributed by atoms with Crippen molar-refractivity contribution in [2.24, 2.45) is 0 Å². The second-order valence-corrected chi connectivity index (χ2v) is 4.01. The number of rotatable bonds is 2. The molecule has 0 radical (unpaired) electrons. The van der Waals surface area contributed by atoms with E-state index in [4.69, 9.17) is 4.63 Å². The van der Waals surface area contributed by atoms with Gasteiger partial charge in [0.05, 0.1) is 0 Å². The van der Waals surface area contributed by atoms with Crippen LogP contribution < -0.4 is 5.32 Å². The van der Waals surface area contributed by atoms with E-state index >= 15 is 0 Å². The Morgan fingerprint density at radius 3 is 3.12 bits per heavy atom. The summed E-state index contributed by atoms with van der Waals surface area (Å²) in [5.74, 6) is 0.627. The SMILES string of the molecule is CCNc1ncc2c(n1)-c1nonc1CCC2. The third-order valence-corrected chi connectivity index (χ3v) is 2.84. The summed E-state index contributed by atoms with van der Waals surface area (Å²) in [5, 5.41) is 11.0. The summed E-state index contributed by atoms with van der Waals surface area (Å²) in [7, 11) is 0. The number of nitrogens with zero attached hydrogens (tertiary/aromatic N) is 4. The molecule has 6 nitrogen and oxygen atoms in total. The van der Waals surface area contributed by atoms with Gasteiger partial charge in [-0.05, 0) is 36.9 Å². The minimum atomic E-state index is 0.627. The fourth-order valence-electron chi connectivity index (χ4n) is 2.03. The quantitative estimate of drug-likeness (QED) is 0.842. The minimum Gasteiger partial charge on any atom is -0.354 e. The highest BCUT2D eigenvalue weighted by Gasteiger charge is 2.21. The summed E-state index contributed by atoms with van der Waals surface area (Å²) in [6.07, 6.45) is 4.73. The summed E-state index contributed by atoms with van der Waals surface area (Å²) >= 11 is 0. The maximum absolute atomic E-state index is 4.80. The molecule has 3 rings (SSSR count). The van der Waals surface area contributed by atoms with E-state index in [2.05, 4.69) is 25.6 Å². The van der Waals surface area contributed by atoms with Crippen LogP contribution in [0.15, 0.2) is 10.8 Å². The number of hydrogen-bond acceptors (Lipinski definition) is 6. The van der Waals surface area contributed by atoms with E-state index in [-0.39, 0.29) is 0 Å². The van der Waals surface area contributed by atoms with E-state index in [1.54, 1.807) is 0 Å². The van der Waals surface area contributed by atoms with Crippen LogP contribution in [0.2, 0.25) is 0 Å². The van der Waals surface area contributed by atoms with Crippen LogP contribution in [0.4, 0.5) is 5.95 Å². The number of aromatic nitrogens is 4. The first-order valence-corrected chi connectivity index (χ1v) is 5.80. The third kappa shape index (κ3) is 1.75. The molecule has 2 aromatic rings. The molecule has 0 aliphatic heterocycles. The predicted molar refractivity (Wildman–Crippen MR) is 61.5 cm³/mol. The van der Waals surface area contributed by atoms with E-state index in [9.17, 15) is 0 Å². The molecule has 2 heterocycles. The highest BCUT2D eigenvalue weighted by Crippen LogP contribution is 2.28. The van der Waals surface area contributed by atoms with Crippen molar-refractivity contribution in [1.29, 1.82) is 0 Å². The van der Waals surface area contributed by atoms with Gasteiger partial charge in [-0.15, -0.1) is 0 Å². The van der Waals surface area contributed by atoms with E-state index in [1.807, 2.05) is 13.1 Å². The molecule has 1 N–H and O–H groups in total.